The van der Waals surface area contributed by atoms with Crippen molar-refractivity contribution in [2.24, 2.45) is 17.6 Å². The fraction of sp³-hybridized carbons (Fsp3) is 0.538. The Hall–Kier alpha value is -3.89. The van der Waals surface area contributed by atoms with E-state index in [0.717, 1.165) is 0 Å². The molecule has 2 saturated heterocycles. The van der Waals surface area contributed by atoms with Crippen molar-refractivity contribution in [2.45, 2.75) is 50.3 Å². The van der Waals surface area contributed by atoms with Crippen LogP contribution in [0.4, 0.5) is 15.3 Å². The van der Waals surface area contributed by atoms with Crippen molar-refractivity contribution >= 4 is 41.5 Å². The van der Waals surface area contributed by atoms with Gasteiger partial charge in [0, 0.05) is 34.8 Å². The number of carbonyl (C=O) groups excluding carboxylic acids is 3. The van der Waals surface area contributed by atoms with Crippen LogP contribution in [-0.4, -0.2) is 98.8 Å². The third kappa shape index (κ3) is 6.44. The molecule has 6 atom stereocenters. The zero-order chi connectivity index (χ0) is 30.7. The van der Waals surface area contributed by atoms with E-state index in [-0.39, 0.29) is 55.5 Å². The summed E-state index contributed by atoms with van der Waals surface area (Å²) in [5.74, 6) is -2.69. The zero-order valence-corrected chi connectivity index (χ0v) is 23.7. The van der Waals surface area contributed by atoms with Gasteiger partial charge in [-0.3, -0.25) is 14.9 Å². The number of hydrogen-bond acceptors (Lipinski definition) is 11. The first-order valence-electron chi connectivity index (χ1n) is 13.2. The van der Waals surface area contributed by atoms with E-state index in [2.05, 4.69) is 4.74 Å². The Balaban J connectivity index is 1.45. The van der Waals surface area contributed by atoms with Crippen molar-refractivity contribution in [3.63, 3.8) is 0 Å². The van der Waals surface area contributed by atoms with Crippen LogP contribution in [0.1, 0.15) is 25.8 Å². The summed E-state index contributed by atoms with van der Waals surface area (Å²) < 4.78 is 15.7. The first-order valence-corrected chi connectivity index (χ1v) is 14.1. The monoisotopic (exact) mass is 608 g/mol. The number of carboxylic acids is 1. The minimum Gasteiger partial charge on any atom is -0.477 e. The second-order valence-electron chi connectivity index (χ2n) is 10.3. The highest BCUT2D eigenvalue weighted by Gasteiger charge is 2.60. The normalized spacial score (nSPS) is 25.6. The van der Waals surface area contributed by atoms with E-state index in [0.29, 0.717) is 16.9 Å². The highest BCUT2D eigenvalue weighted by molar-refractivity contribution is 8.03. The average molecular weight is 609 g/mol. The number of nitro benzene ring substituents is 1. The maximum absolute atomic E-state index is 13.1. The van der Waals surface area contributed by atoms with Crippen molar-refractivity contribution < 1.29 is 48.5 Å². The number of carboxylic acid groups (broad SMARTS) is 1. The van der Waals surface area contributed by atoms with Crippen LogP contribution < -0.4 is 5.73 Å². The van der Waals surface area contributed by atoms with E-state index in [1.807, 2.05) is 6.92 Å². The van der Waals surface area contributed by atoms with E-state index >= 15 is 0 Å². The minimum atomic E-state index is -1.24. The number of nitrogens with two attached hydrogens (primary N) is 1. The summed E-state index contributed by atoms with van der Waals surface area (Å²) >= 11 is 1.28. The van der Waals surface area contributed by atoms with Gasteiger partial charge in [0.05, 0.1) is 42.2 Å². The average Bonchev–Trinajstić information content (AvgIpc) is 3.43. The highest BCUT2D eigenvalue weighted by atomic mass is 32.2. The van der Waals surface area contributed by atoms with Gasteiger partial charge in [0.1, 0.15) is 18.9 Å². The van der Waals surface area contributed by atoms with Crippen LogP contribution in [0.5, 0.6) is 0 Å². The molecule has 1 aromatic carbocycles. The molecule has 0 aromatic heterocycles. The molecule has 42 heavy (non-hydrogen) atoms. The topological polar surface area (TPSA) is 212 Å². The molecule has 16 heteroatoms. The third-order valence-corrected chi connectivity index (χ3v) is 9.00. The lowest BCUT2D eigenvalue weighted by atomic mass is 9.79. The summed E-state index contributed by atoms with van der Waals surface area (Å²) in [5, 5.41) is 30.7. The minimum absolute atomic E-state index is 0.0355. The number of ether oxygens (including phenoxy) is 3. The summed E-state index contributed by atoms with van der Waals surface area (Å²) in [7, 11) is 0. The summed E-state index contributed by atoms with van der Waals surface area (Å²) in [6.07, 6.45) is -2.11. The second-order valence-corrected chi connectivity index (χ2v) is 11.6. The molecule has 0 unspecified atom stereocenters. The van der Waals surface area contributed by atoms with Gasteiger partial charge in [-0.15, -0.1) is 11.8 Å². The Morgan fingerprint density at radius 2 is 1.90 bits per heavy atom. The molecule has 4 rings (SSSR count). The number of carbonyl (C=O) groups is 4. The molecule has 3 aliphatic rings. The number of nitro groups is 1. The Kier molecular flexibility index (Phi) is 9.58. The molecule has 0 saturated carbocycles. The molecule has 2 fully saturated rings. The number of primary amides is 1. The van der Waals surface area contributed by atoms with Gasteiger partial charge < -0.3 is 40.0 Å². The van der Waals surface area contributed by atoms with Gasteiger partial charge in [-0.2, -0.15) is 0 Å². The summed E-state index contributed by atoms with van der Waals surface area (Å²) in [4.78, 5) is 62.4. The molecule has 3 amide bonds. The Bertz CT molecular complexity index is 1270. The highest BCUT2D eigenvalue weighted by Crippen LogP contribution is 2.52. The van der Waals surface area contributed by atoms with Crippen molar-refractivity contribution in [2.75, 3.05) is 26.4 Å². The van der Waals surface area contributed by atoms with Crippen LogP contribution in [0.25, 0.3) is 0 Å². The van der Waals surface area contributed by atoms with Crippen LogP contribution in [-0.2, 0) is 30.4 Å². The predicted molar refractivity (Wildman–Crippen MR) is 146 cm³/mol. The van der Waals surface area contributed by atoms with E-state index in [9.17, 15) is 39.5 Å². The Morgan fingerprint density at radius 3 is 2.50 bits per heavy atom. The number of fused-ring (bicyclic) bond motifs is 1. The van der Waals surface area contributed by atoms with Crippen molar-refractivity contribution in [1.29, 1.82) is 0 Å². The number of aliphatic carboxylic acids is 1. The first-order chi connectivity index (χ1) is 19.9. The van der Waals surface area contributed by atoms with Crippen LogP contribution >= 0.6 is 11.8 Å². The van der Waals surface area contributed by atoms with Crippen molar-refractivity contribution in [1.82, 2.24) is 9.80 Å². The van der Waals surface area contributed by atoms with Gasteiger partial charge in [-0.05, 0) is 31.0 Å². The summed E-state index contributed by atoms with van der Waals surface area (Å²) in [6, 6.07) is 4.67. The van der Waals surface area contributed by atoms with E-state index < -0.39 is 53.1 Å². The molecule has 0 aliphatic carbocycles. The third-order valence-electron chi connectivity index (χ3n) is 7.51. The van der Waals surface area contributed by atoms with Crippen molar-refractivity contribution in [3.05, 3.63) is 50.5 Å². The molecule has 1 aromatic rings. The number of nitrogens with zero attached hydrogens (tertiary/aromatic N) is 3. The van der Waals surface area contributed by atoms with Gasteiger partial charge in [0.15, 0.2) is 0 Å². The Morgan fingerprint density at radius 1 is 1.21 bits per heavy atom. The number of hydrogen-bond donors (Lipinski definition) is 3. The number of amides is 3. The number of rotatable bonds is 12. The standard InChI is InChI=1S/C26H32N4O11S/c1-13-20-19(14(2)31)23(32)29(20)21(24(33)34)22(13)42-18-9-17(12-39-7-8-40-25(27)35)28(10-18)26(36)41-11-15-3-5-16(6-4-15)30(37)38/h3-6,13-14,17-20,31H,7-12H2,1-2H3,(H2,27,35)(H,33,34)/t13-,14-,17+,18+,19-,20-/m1/s1. The molecule has 3 aliphatic heterocycles. The molecule has 0 spiro atoms. The SMILES string of the molecule is C[C@@H](O)[C@H]1C(=O)N2C(C(=O)O)=C(S[C@H]3C[C@@H](COCCOC(N)=O)N(C(=O)OCc4ccc([N+](=O)[O-])cc4)C3)[C@H](C)[C@H]12. The van der Waals surface area contributed by atoms with E-state index in [1.165, 1.54) is 52.8 Å². The van der Waals surface area contributed by atoms with Crippen LogP contribution in [0.15, 0.2) is 34.9 Å². The number of non-ortho nitro benzene ring substituents is 1. The Labute approximate surface area is 244 Å². The lowest BCUT2D eigenvalue weighted by Gasteiger charge is -2.46. The lowest BCUT2D eigenvalue weighted by Crippen LogP contribution is -2.63. The molecule has 4 N–H and O–H groups in total. The number of aliphatic hydroxyl groups is 1. The molecule has 0 bridgehead atoms. The maximum Gasteiger partial charge on any atom is 0.410 e. The second kappa shape index (κ2) is 13.0. The molecule has 228 valence electrons. The smallest absolute Gasteiger partial charge is 0.410 e. The summed E-state index contributed by atoms with van der Waals surface area (Å²) in [5.41, 5.74) is 5.31. The van der Waals surface area contributed by atoms with Crippen LogP contribution in [0, 0.1) is 22.0 Å². The van der Waals surface area contributed by atoms with E-state index in [1.54, 1.807) is 0 Å². The number of β-lactam (4-membered cyclic amide) rings is 1. The van der Waals surface area contributed by atoms with Crippen molar-refractivity contribution in [3.8, 4) is 0 Å². The fourth-order valence-corrected chi connectivity index (χ4v) is 7.13. The summed E-state index contributed by atoms with van der Waals surface area (Å²) in [6.45, 7) is 3.42. The largest absolute Gasteiger partial charge is 0.477 e. The molecule has 15 nitrogen and oxygen atoms in total. The van der Waals surface area contributed by atoms with Gasteiger partial charge in [0.2, 0.25) is 5.91 Å². The van der Waals surface area contributed by atoms with E-state index in [4.69, 9.17) is 15.2 Å². The number of benzene rings is 1. The molecular weight excluding hydrogens is 576 g/mol. The number of aliphatic hydroxyl groups excluding tert-OH is 1. The first kappa shape index (κ1) is 31.1. The van der Waals surface area contributed by atoms with Gasteiger partial charge in [0.25, 0.3) is 5.69 Å². The molecular formula is C26H32N4O11S. The fourth-order valence-electron chi connectivity index (χ4n) is 5.56. The number of thioether (sulfide) groups is 1. The van der Waals surface area contributed by atoms with Gasteiger partial charge >= 0.3 is 18.2 Å². The predicted octanol–water partition coefficient (Wildman–Crippen LogP) is 1.67. The van der Waals surface area contributed by atoms with Crippen LogP contribution in [0.3, 0.4) is 0 Å². The quantitative estimate of drug-likeness (QED) is 0.134. The zero-order valence-electron chi connectivity index (χ0n) is 22.9. The van der Waals surface area contributed by atoms with Gasteiger partial charge in [-0.25, -0.2) is 14.4 Å². The number of likely N-dealkylation sites (tertiary alicyclic amines) is 1. The van der Waals surface area contributed by atoms with Crippen LogP contribution in [0.2, 0.25) is 0 Å². The van der Waals surface area contributed by atoms with Gasteiger partial charge in [-0.1, -0.05) is 6.92 Å². The maximum atomic E-state index is 13.1. The lowest BCUT2D eigenvalue weighted by molar-refractivity contribution is -0.384. The molecule has 3 heterocycles. The molecule has 0 radical (unpaired) electrons.